The van der Waals surface area contributed by atoms with E-state index in [9.17, 15) is 4.79 Å². The van der Waals surface area contributed by atoms with Crippen LogP contribution in [0.1, 0.15) is 10.5 Å². The average molecular weight is 336 g/mol. The normalized spacial score (nSPS) is 9.95. The maximum absolute atomic E-state index is 12.1. The highest BCUT2D eigenvalue weighted by Gasteiger charge is 2.09. The molecule has 0 unspecified atom stereocenters. The first-order valence-electron chi connectivity index (χ1n) is 5.93. The quantitative estimate of drug-likeness (QED) is 0.900. The molecule has 0 bridgehead atoms. The second-order valence-electron chi connectivity index (χ2n) is 3.96. The zero-order valence-corrected chi connectivity index (χ0v) is 12.7. The van der Waals surface area contributed by atoms with Crippen molar-refractivity contribution < 1.29 is 9.53 Å². The van der Waals surface area contributed by atoms with E-state index in [2.05, 4.69) is 31.5 Å². The third-order valence-corrected chi connectivity index (χ3v) is 3.30. The lowest BCUT2D eigenvalue weighted by Crippen LogP contribution is -2.14. The number of methoxy groups -OCH3 is 1. The maximum Gasteiger partial charge on any atom is 0.274 e. The Labute approximate surface area is 125 Å². The predicted molar refractivity (Wildman–Crippen MR) is 82.4 cm³/mol. The number of carbonyl (C=O) groups excluding carboxylic acids is 1. The minimum Gasteiger partial charge on any atom is -0.495 e. The highest BCUT2D eigenvalue weighted by atomic mass is 79.9. The van der Waals surface area contributed by atoms with Crippen LogP contribution in [0.5, 0.6) is 5.75 Å². The van der Waals surface area contributed by atoms with Crippen LogP contribution in [-0.4, -0.2) is 25.0 Å². The van der Waals surface area contributed by atoms with Gasteiger partial charge >= 0.3 is 0 Å². The minimum absolute atomic E-state index is 0.272. The Morgan fingerprint density at radius 1 is 1.30 bits per heavy atom. The van der Waals surface area contributed by atoms with Gasteiger partial charge in [0.05, 0.1) is 11.6 Å². The van der Waals surface area contributed by atoms with Crippen LogP contribution in [0.15, 0.2) is 40.9 Å². The molecule has 0 saturated carbocycles. The molecule has 1 aromatic carbocycles. The number of nitrogens with zero attached hydrogens (tertiary/aromatic N) is 1. The topological polar surface area (TPSA) is 63.2 Å². The Morgan fingerprint density at radius 3 is 2.80 bits per heavy atom. The molecule has 0 radical (unpaired) electrons. The molecule has 0 aliphatic carbocycles. The number of nitrogens with one attached hydrogen (secondary N) is 2. The van der Waals surface area contributed by atoms with Crippen molar-refractivity contribution in [1.82, 2.24) is 4.98 Å². The Bertz CT molecular complexity index is 632. The summed E-state index contributed by atoms with van der Waals surface area (Å²) in [6, 6.07) is 10.6. The number of rotatable bonds is 4. The summed E-state index contributed by atoms with van der Waals surface area (Å²) in [6.07, 6.45) is 0. The number of hydrogen-bond donors (Lipinski definition) is 2. The van der Waals surface area contributed by atoms with Crippen LogP contribution < -0.4 is 15.4 Å². The molecule has 1 aromatic heterocycles. The molecule has 2 rings (SSSR count). The van der Waals surface area contributed by atoms with Gasteiger partial charge in [-0.3, -0.25) is 4.79 Å². The Hall–Kier alpha value is -2.08. The first kappa shape index (κ1) is 14.3. The summed E-state index contributed by atoms with van der Waals surface area (Å²) in [5.74, 6) is 1.03. The summed E-state index contributed by atoms with van der Waals surface area (Å²) in [6.45, 7) is 0. The third kappa shape index (κ3) is 3.27. The van der Waals surface area contributed by atoms with Crippen molar-refractivity contribution in [2.45, 2.75) is 0 Å². The van der Waals surface area contributed by atoms with Crippen molar-refractivity contribution in [3.05, 3.63) is 46.6 Å². The lowest BCUT2D eigenvalue weighted by molar-refractivity contribution is 0.102. The van der Waals surface area contributed by atoms with Gasteiger partial charge in [-0.05, 0) is 40.2 Å². The number of hydrogen-bond acceptors (Lipinski definition) is 4. The molecule has 5 nitrogen and oxygen atoms in total. The number of benzene rings is 1. The summed E-state index contributed by atoms with van der Waals surface area (Å²) in [5.41, 5.74) is 0.991. The van der Waals surface area contributed by atoms with Crippen molar-refractivity contribution in [3.8, 4) is 5.75 Å². The second-order valence-corrected chi connectivity index (χ2v) is 4.82. The van der Waals surface area contributed by atoms with Crippen molar-refractivity contribution in [2.24, 2.45) is 0 Å². The lowest BCUT2D eigenvalue weighted by atomic mass is 10.2. The Morgan fingerprint density at radius 2 is 2.10 bits per heavy atom. The molecule has 2 N–H and O–H groups in total. The van der Waals surface area contributed by atoms with Gasteiger partial charge in [0.25, 0.3) is 5.91 Å². The molecule has 0 atom stereocenters. The molecule has 20 heavy (non-hydrogen) atoms. The van der Waals surface area contributed by atoms with Gasteiger partial charge in [0.15, 0.2) is 0 Å². The van der Waals surface area contributed by atoms with Crippen molar-refractivity contribution >= 4 is 33.3 Å². The van der Waals surface area contributed by atoms with Crippen LogP contribution in [0.25, 0.3) is 0 Å². The first-order valence-corrected chi connectivity index (χ1v) is 6.73. The summed E-state index contributed by atoms with van der Waals surface area (Å²) < 4.78 is 6.01. The molecule has 0 saturated heterocycles. The number of amides is 1. The fourth-order valence-electron chi connectivity index (χ4n) is 1.63. The number of pyridine rings is 1. The summed E-state index contributed by atoms with van der Waals surface area (Å²) in [4.78, 5) is 16.3. The van der Waals surface area contributed by atoms with E-state index in [1.807, 2.05) is 6.07 Å². The van der Waals surface area contributed by atoms with Gasteiger partial charge in [0.1, 0.15) is 17.3 Å². The van der Waals surface area contributed by atoms with Crippen LogP contribution in [-0.2, 0) is 0 Å². The van der Waals surface area contributed by atoms with E-state index in [0.29, 0.717) is 22.9 Å². The van der Waals surface area contributed by atoms with Crippen LogP contribution in [0.3, 0.4) is 0 Å². The fraction of sp³-hybridized carbons (Fsp3) is 0.143. The molecule has 104 valence electrons. The van der Waals surface area contributed by atoms with Gasteiger partial charge < -0.3 is 15.4 Å². The van der Waals surface area contributed by atoms with Crippen LogP contribution in [0.2, 0.25) is 0 Å². The SMILES string of the molecule is CNc1cccc(C(=O)Nc2ccc(Br)c(OC)c2)n1. The van der Waals surface area contributed by atoms with Crippen molar-refractivity contribution in [3.63, 3.8) is 0 Å². The number of halogens is 1. The van der Waals surface area contributed by atoms with E-state index in [1.165, 1.54) is 0 Å². The van der Waals surface area contributed by atoms with E-state index >= 15 is 0 Å². The maximum atomic E-state index is 12.1. The van der Waals surface area contributed by atoms with E-state index in [1.54, 1.807) is 44.5 Å². The lowest BCUT2D eigenvalue weighted by Gasteiger charge is -2.09. The van der Waals surface area contributed by atoms with Crippen molar-refractivity contribution in [1.29, 1.82) is 0 Å². The predicted octanol–water partition coefficient (Wildman–Crippen LogP) is 3.15. The second kappa shape index (κ2) is 6.38. The monoisotopic (exact) mass is 335 g/mol. The minimum atomic E-state index is -0.272. The van der Waals surface area contributed by atoms with Gasteiger partial charge in [-0.15, -0.1) is 0 Å². The smallest absolute Gasteiger partial charge is 0.274 e. The standard InChI is InChI=1S/C14H14BrN3O2/c1-16-13-5-3-4-11(18-13)14(19)17-9-6-7-10(15)12(8-9)20-2/h3-8H,1-2H3,(H,16,18)(H,17,19). The van der Waals surface area contributed by atoms with Gasteiger partial charge in [-0.1, -0.05) is 6.07 Å². The number of anilines is 2. The van der Waals surface area contributed by atoms with Gasteiger partial charge in [0, 0.05) is 18.8 Å². The van der Waals surface area contributed by atoms with Crippen LogP contribution in [0, 0.1) is 0 Å². The number of carbonyl (C=O) groups is 1. The molecule has 0 aliphatic heterocycles. The molecule has 1 heterocycles. The van der Waals surface area contributed by atoms with Gasteiger partial charge in [-0.25, -0.2) is 4.98 Å². The third-order valence-electron chi connectivity index (χ3n) is 2.65. The summed E-state index contributed by atoms with van der Waals surface area (Å²) >= 11 is 3.36. The first-order chi connectivity index (χ1) is 9.63. The molecule has 0 aliphatic rings. The van der Waals surface area contributed by atoms with Crippen LogP contribution in [0.4, 0.5) is 11.5 Å². The number of aromatic nitrogens is 1. The average Bonchev–Trinajstić information content (AvgIpc) is 2.49. The zero-order valence-electron chi connectivity index (χ0n) is 11.1. The fourth-order valence-corrected chi connectivity index (χ4v) is 2.04. The van der Waals surface area contributed by atoms with E-state index < -0.39 is 0 Å². The van der Waals surface area contributed by atoms with E-state index in [4.69, 9.17) is 4.74 Å². The van der Waals surface area contributed by atoms with Crippen LogP contribution >= 0.6 is 15.9 Å². The molecule has 6 heteroatoms. The molecule has 0 fully saturated rings. The highest BCUT2D eigenvalue weighted by Crippen LogP contribution is 2.28. The summed E-state index contributed by atoms with van der Waals surface area (Å²) in [7, 11) is 3.33. The van der Waals surface area contributed by atoms with E-state index in [-0.39, 0.29) is 5.91 Å². The molecule has 1 amide bonds. The van der Waals surface area contributed by atoms with E-state index in [0.717, 1.165) is 4.47 Å². The molecular formula is C14H14BrN3O2. The zero-order chi connectivity index (χ0) is 14.5. The Balaban J connectivity index is 2.18. The largest absolute Gasteiger partial charge is 0.495 e. The number of ether oxygens (including phenoxy) is 1. The Kier molecular flexibility index (Phi) is 4.57. The van der Waals surface area contributed by atoms with Crippen molar-refractivity contribution in [2.75, 3.05) is 24.8 Å². The van der Waals surface area contributed by atoms with Gasteiger partial charge in [-0.2, -0.15) is 0 Å². The molecule has 2 aromatic rings. The van der Waals surface area contributed by atoms with Gasteiger partial charge in [0.2, 0.25) is 0 Å². The highest BCUT2D eigenvalue weighted by molar-refractivity contribution is 9.10. The summed E-state index contributed by atoms with van der Waals surface area (Å²) in [5, 5.41) is 5.68. The molecule has 0 spiro atoms. The molecular weight excluding hydrogens is 322 g/mol.